The number of benzene rings is 1. The van der Waals surface area contributed by atoms with E-state index in [9.17, 15) is 14.4 Å². The number of Topliss-reactive ketones (excluding diaryl/α,β-unsaturated/α-hetero) is 1. The summed E-state index contributed by atoms with van der Waals surface area (Å²) in [6, 6.07) is 6.95. The lowest BCUT2D eigenvalue weighted by Gasteiger charge is -2.50. The summed E-state index contributed by atoms with van der Waals surface area (Å²) in [5.41, 5.74) is 3.98. The van der Waals surface area contributed by atoms with E-state index in [4.69, 9.17) is 4.74 Å². The molecule has 2 amide bonds. The zero-order valence-corrected chi connectivity index (χ0v) is 24.3. The van der Waals surface area contributed by atoms with Crippen molar-refractivity contribution in [2.24, 2.45) is 23.2 Å². The highest BCUT2D eigenvalue weighted by molar-refractivity contribution is 5.87. The third-order valence-electron chi connectivity index (χ3n) is 11.0. The van der Waals surface area contributed by atoms with E-state index in [0.29, 0.717) is 80.9 Å². The number of likely N-dealkylation sites (tertiary alicyclic amines) is 1. The standard InChI is InChI=1S/C33H47N3O4/c1-33-13-12-27-26-11-9-25(34-14-4-16-35-15-3-7-31(35)39)21-23(26)8-10-28(27)32(33)24(22-29(33)37)5-2-6-30(38)36-17-19-40-20-18-36/h9,11,21,24,27-28,32,34H,2-8,10,12-20,22H2,1H3/t24-,27+,28+,32-,33+/m0/s1. The lowest BCUT2D eigenvalue weighted by molar-refractivity contribution is -0.135. The van der Waals surface area contributed by atoms with Crippen LogP contribution in [0.2, 0.25) is 0 Å². The summed E-state index contributed by atoms with van der Waals surface area (Å²) in [7, 11) is 0. The summed E-state index contributed by atoms with van der Waals surface area (Å²) in [5.74, 6) is 2.98. The van der Waals surface area contributed by atoms with Gasteiger partial charge in [-0.3, -0.25) is 14.4 Å². The van der Waals surface area contributed by atoms with Gasteiger partial charge in [0.1, 0.15) is 5.78 Å². The highest BCUT2D eigenvalue weighted by Crippen LogP contribution is 2.62. The average molecular weight is 550 g/mol. The fourth-order valence-electron chi connectivity index (χ4n) is 8.95. The van der Waals surface area contributed by atoms with Crippen LogP contribution < -0.4 is 5.32 Å². The third kappa shape index (κ3) is 5.43. The van der Waals surface area contributed by atoms with Crippen LogP contribution in [0.25, 0.3) is 0 Å². The molecule has 0 spiro atoms. The summed E-state index contributed by atoms with van der Waals surface area (Å²) < 4.78 is 5.40. The van der Waals surface area contributed by atoms with Crippen LogP contribution in [0.3, 0.4) is 0 Å². The average Bonchev–Trinajstić information content (AvgIpc) is 3.50. The van der Waals surface area contributed by atoms with Crippen molar-refractivity contribution in [2.45, 2.75) is 83.5 Å². The van der Waals surface area contributed by atoms with Crippen LogP contribution in [0.15, 0.2) is 18.2 Å². The first-order valence-corrected chi connectivity index (χ1v) is 16.0. The van der Waals surface area contributed by atoms with E-state index in [-0.39, 0.29) is 11.3 Å². The molecule has 7 nitrogen and oxygen atoms in total. The van der Waals surface area contributed by atoms with Crippen molar-refractivity contribution in [1.29, 1.82) is 0 Å². The molecule has 5 aliphatic rings. The quantitative estimate of drug-likeness (QED) is 0.448. The third-order valence-corrected chi connectivity index (χ3v) is 11.0. The minimum atomic E-state index is -0.185. The molecule has 3 aliphatic carbocycles. The van der Waals surface area contributed by atoms with E-state index in [1.807, 2.05) is 9.80 Å². The van der Waals surface area contributed by atoms with Crippen LogP contribution in [0, 0.1) is 23.2 Å². The molecule has 0 unspecified atom stereocenters. The van der Waals surface area contributed by atoms with Crippen molar-refractivity contribution in [2.75, 3.05) is 51.3 Å². The Morgan fingerprint density at radius 2 is 1.95 bits per heavy atom. The summed E-state index contributed by atoms with van der Waals surface area (Å²) in [6.07, 6.45) is 10.2. The van der Waals surface area contributed by atoms with Crippen LogP contribution in [0.4, 0.5) is 5.69 Å². The van der Waals surface area contributed by atoms with Crippen molar-refractivity contribution >= 4 is 23.3 Å². The normalized spacial score (nSPS) is 31.6. The van der Waals surface area contributed by atoms with E-state index in [2.05, 4.69) is 30.4 Å². The Balaban J connectivity index is 1.07. The van der Waals surface area contributed by atoms with Crippen molar-refractivity contribution in [3.05, 3.63) is 29.3 Å². The number of carbonyl (C=O) groups is 3. The molecule has 2 heterocycles. The smallest absolute Gasteiger partial charge is 0.222 e. The van der Waals surface area contributed by atoms with Gasteiger partial charge in [0.05, 0.1) is 13.2 Å². The lowest BCUT2D eigenvalue weighted by Crippen LogP contribution is -2.44. The van der Waals surface area contributed by atoms with E-state index in [1.54, 1.807) is 0 Å². The molecule has 40 heavy (non-hydrogen) atoms. The molecule has 2 saturated heterocycles. The number of morpholine rings is 1. The van der Waals surface area contributed by atoms with Gasteiger partial charge >= 0.3 is 0 Å². The molecule has 1 aromatic rings. The van der Waals surface area contributed by atoms with Crippen LogP contribution in [0.5, 0.6) is 0 Å². The van der Waals surface area contributed by atoms with Gasteiger partial charge in [-0.1, -0.05) is 13.0 Å². The Morgan fingerprint density at radius 3 is 2.75 bits per heavy atom. The topological polar surface area (TPSA) is 79.0 Å². The van der Waals surface area contributed by atoms with Gasteiger partial charge in [-0.05, 0) is 98.3 Å². The highest BCUT2D eigenvalue weighted by Gasteiger charge is 2.58. The van der Waals surface area contributed by atoms with E-state index < -0.39 is 0 Å². The number of aryl methyl sites for hydroxylation is 1. The van der Waals surface area contributed by atoms with Crippen LogP contribution in [-0.2, 0) is 25.5 Å². The molecular formula is C33H47N3O4. The molecule has 1 N–H and O–H groups in total. The summed E-state index contributed by atoms with van der Waals surface area (Å²) >= 11 is 0. The molecular weight excluding hydrogens is 502 g/mol. The number of nitrogens with zero attached hydrogens (tertiary/aromatic N) is 2. The Bertz CT molecular complexity index is 1110. The van der Waals surface area contributed by atoms with Crippen LogP contribution >= 0.6 is 0 Å². The second kappa shape index (κ2) is 11.8. The number of fused-ring (bicyclic) bond motifs is 5. The molecule has 0 aromatic heterocycles. The van der Waals surface area contributed by atoms with Gasteiger partial charge in [0.2, 0.25) is 11.8 Å². The van der Waals surface area contributed by atoms with Gasteiger partial charge in [0.25, 0.3) is 0 Å². The first-order valence-electron chi connectivity index (χ1n) is 16.0. The number of amides is 2. The molecule has 0 radical (unpaired) electrons. The van der Waals surface area contributed by atoms with Gasteiger partial charge in [0, 0.05) is 63.1 Å². The van der Waals surface area contributed by atoms with Crippen LogP contribution in [0.1, 0.15) is 88.2 Å². The molecule has 218 valence electrons. The number of hydrogen-bond acceptors (Lipinski definition) is 5. The summed E-state index contributed by atoms with van der Waals surface area (Å²) in [4.78, 5) is 41.9. The van der Waals surface area contributed by atoms with Gasteiger partial charge in [-0.2, -0.15) is 0 Å². The molecule has 6 rings (SSSR count). The summed E-state index contributed by atoms with van der Waals surface area (Å²) in [5, 5.41) is 3.60. The van der Waals surface area contributed by atoms with Gasteiger partial charge in [0.15, 0.2) is 0 Å². The largest absolute Gasteiger partial charge is 0.385 e. The second-order valence-corrected chi connectivity index (χ2v) is 13.2. The Hall–Kier alpha value is -2.41. The maximum absolute atomic E-state index is 13.4. The van der Waals surface area contributed by atoms with Crippen LogP contribution in [-0.4, -0.2) is 73.3 Å². The molecule has 0 bridgehead atoms. The summed E-state index contributed by atoms with van der Waals surface area (Å²) in [6.45, 7) is 7.61. The first-order chi connectivity index (χ1) is 19.4. The monoisotopic (exact) mass is 549 g/mol. The first kappa shape index (κ1) is 27.7. The zero-order valence-electron chi connectivity index (χ0n) is 24.3. The fourth-order valence-corrected chi connectivity index (χ4v) is 8.95. The molecule has 5 atom stereocenters. The maximum atomic E-state index is 13.4. The molecule has 1 aromatic carbocycles. The number of hydrogen-bond donors (Lipinski definition) is 1. The Kier molecular flexibility index (Phi) is 8.21. The minimum absolute atomic E-state index is 0.185. The second-order valence-electron chi connectivity index (χ2n) is 13.2. The SMILES string of the molecule is C[C@]12CC[C@@H]3c4ccc(NCCCN5CCCC5=O)cc4CC[C@H]3[C@@H]1[C@@H](CCCC(=O)N1CCOCC1)CC2=O. The molecule has 7 heteroatoms. The fraction of sp³-hybridized carbons (Fsp3) is 0.727. The van der Waals surface area contributed by atoms with Crippen molar-refractivity contribution < 1.29 is 19.1 Å². The zero-order chi connectivity index (χ0) is 27.7. The van der Waals surface area contributed by atoms with Crippen molar-refractivity contribution in [3.8, 4) is 0 Å². The number of ketones is 1. The number of nitrogens with one attached hydrogen (secondary N) is 1. The highest BCUT2D eigenvalue weighted by atomic mass is 16.5. The lowest BCUT2D eigenvalue weighted by atomic mass is 9.54. The predicted molar refractivity (Wildman–Crippen MR) is 155 cm³/mol. The molecule has 2 aliphatic heterocycles. The molecule has 2 saturated carbocycles. The maximum Gasteiger partial charge on any atom is 0.222 e. The Labute approximate surface area is 239 Å². The number of rotatable bonds is 9. The van der Waals surface area contributed by atoms with Crippen molar-refractivity contribution in [1.82, 2.24) is 9.80 Å². The van der Waals surface area contributed by atoms with E-state index in [0.717, 1.165) is 71.0 Å². The number of carbonyl (C=O) groups excluding carboxylic acids is 3. The van der Waals surface area contributed by atoms with Gasteiger partial charge < -0.3 is 19.9 Å². The van der Waals surface area contributed by atoms with Gasteiger partial charge in [-0.15, -0.1) is 0 Å². The number of anilines is 1. The van der Waals surface area contributed by atoms with Gasteiger partial charge in [-0.25, -0.2) is 0 Å². The minimum Gasteiger partial charge on any atom is -0.385 e. The molecule has 4 fully saturated rings. The van der Waals surface area contributed by atoms with Crippen molar-refractivity contribution in [3.63, 3.8) is 0 Å². The van der Waals surface area contributed by atoms with E-state index >= 15 is 0 Å². The van der Waals surface area contributed by atoms with E-state index in [1.165, 1.54) is 16.8 Å². The number of ether oxygens (including phenoxy) is 1. The predicted octanol–water partition coefficient (Wildman–Crippen LogP) is 4.79. The Morgan fingerprint density at radius 1 is 1.10 bits per heavy atom.